The highest BCUT2D eigenvalue weighted by molar-refractivity contribution is 5.94. The van der Waals surface area contributed by atoms with Gasteiger partial charge in [-0.2, -0.15) is 0 Å². The quantitative estimate of drug-likeness (QED) is 0.592. The summed E-state index contributed by atoms with van der Waals surface area (Å²) in [5, 5.41) is 2.83. The van der Waals surface area contributed by atoms with Crippen LogP contribution in [0.15, 0.2) is 65.3 Å². The van der Waals surface area contributed by atoms with Gasteiger partial charge in [0.25, 0.3) is 5.91 Å². The molecule has 5 nitrogen and oxygen atoms in total. The lowest BCUT2D eigenvalue weighted by atomic mass is 10.1. The largest absolute Gasteiger partial charge is 0.467 e. The molecule has 0 atom stereocenters. The molecule has 0 aliphatic rings. The standard InChI is InChI=1S/C20H17N3O2/c1-13-4-9-17-18(11-13)23-19(22-17)14-5-7-15(8-6-14)20(24)21-12-16-3-2-10-25-16/h2-11H,12H2,1H3,(H,21,24)(H,22,23). The van der Waals surface area contributed by atoms with Crippen LogP contribution >= 0.6 is 0 Å². The number of carbonyl (C=O) groups is 1. The second-order valence-electron chi connectivity index (χ2n) is 5.95. The molecule has 4 aromatic rings. The molecule has 2 heterocycles. The number of benzene rings is 2. The maximum absolute atomic E-state index is 12.2. The van der Waals surface area contributed by atoms with Crippen LogP contribution in [0, 0.1) is 6.92 Å². The number of rotatable bonds is 4. The Morgan fingerprint density at radius 1 is 1.16 bits per heavy atom. The molecule has 2 N–H and O–H groups in total. The van der Waals surface area contributed by atoms with E-state index >= 15 is 0 Å². The highest BCUT2D eigenvalue weighted by Gasteiger charge is 2.09. The normalized spacial score (nSPS) is 10.9. The van der Waals surface area contributed by atoms with Gasteiger partial charge in [0.2, 0.25) is 0 Å². The molecule has 0 fully saturated rings. The van der Waals surface area contributed by atoms with E-state index in [1.807, 2.05) is 30.3 Å². The van der Waals surface area contributed by atoms with Crippen LogP contribution in [0.25, 0.3) is 22.4 Å². The Hall–Kier alpha value is -3.34. The van der Waals surface area contributed by atoms with Gasteiger partial charge >= 0.3 is 0 Å². The fourth-order valence-electron chi connectivity index (χ4n) is 2.72. The summed E-state index contributed by atoms with van der Waals surface area (Å²) in [5.41, 5.74) is 4.67. The van der Waals surface area contributed by atoms with Gasteiger partial charge in [-0.1, -0.05) is 18.2 Å². The molecule has 0 aliphatic heterocycles. The first-order valence-corrected chi connectivity index (χ1v) is 8.06. The summed E-state index contributed by atoms with van der Waals surface area (Å²) in [6.45, 7) is 2.42. The van der Waals surface area contributed by atoms with Gasteiger partial charge < -0.3 is 14.7 Å². The molecule has 0 radical (unpaired) electrons. The molecule has 0 saturated carbocycles. The van der Waals surface area contributed by atoms with Crippen molar-refractivity contribution in [2.75, 3.05) is 0 Å². The van der Waals surface area contributed by atoms with Crippen LogP contribution in [0.4, 0.5) is 0 Å². The molecule has 25 heavy (non-hydrogen) atoms. The maximum Gasteiger partial charge on any atom is 0.251 e. The van der Waals surface area contributed by atoms with Gasteiger partial charge in [-0.05, 0) is 48.9 Å². The van der Waals surface area contributed by atoms with Crippen molar-refractivity contribution < 1.29 is 9.21 Å². The summed E-state index contributed by atoms with van der Waals surface area (Å²) in [6, 6.07) is 17.1. The molecule has 5 heteroatoms. The van der Waals surface area contributed by atoms with Gasteiger partial charge in [0.15, 0.2) is 0 Å². The second kappa shape index (κ2) is 6.28. The van der Waals surface area contributed by atoms with Crippen molar-refractivity contribution in [3.05, 3.63) is 77.7 Å². The van der Waals surface area contributed by atoms with Gasteiger partial charge in [-0.25, -0.2) is 4.98 Å². The van der Waals surface area contributed by atoms with Crippen molar-refractivity contribution in [3.63, 3.8) is 0 Å². The topological polar surface area (TPSA) is 70.9 Å². The number of carbonyl (C=O) groups excluding carboxylic acids is 1. The third kappa shape index (κ3) is 3.17. The van der Waals surface area contributed by atoms with Crippen LogP contribution in [0.1, 0.15) is 21.7 Å². The predicted octanol–water partition coefficient (Wildman–Crippen LogP) is 4.06. The van der Waals surface area contributed by atoms with Crippen LogP contribution in [-0.2, 0) is 6.54 Å². The molecule has 0 spiro atoms. The Morgan fingerprint density at radius 2 is 2.00 bits per heavy atom. The summed E-state index contributed by atoms with van der Waals surface area (Å²) < 4.78 is 5.21. The summed E-state index contributed by atoms with van der Waals surface area (Å²) >= 11 is 0. The second-order valence-corrected chi connectivity index (χ2v) is 5.95. The van der Waals surface area contributed by atoms with E-state index in [1.165, 1.54) is 5.56 Å². The lowest BCUT2D eigenvalue weighted by Gasteiger charge is -2.04. The van der Waals surface area contributed by atoms with Crippen molar-refractivity contribution >= 4 is 16.9 Å². The number of H-pyrrole nitrogens is 1. The zero-order chi connectivity index (χ0) is 17.2. The molecular formula is C20H17N3O2. The average molecular weight is 331 g/mol. The van der Waals surface area contributed by atoms with E-state index < -0.39 is 0 Å². The van der Waals surface area contributed by atoms with Crippen LogP contribution < -0.4 is 5.32 Å². The number of hydrogen-bond donors (Lipinski definition) is 2. The van der Waals surface area contributed by atoms with Crippen molar-refractivity contribution in [1.29, 1.82) is 0 Å². The SMILES string of the molecule is Cc1ccc2nc(-c3ccc(C(=O)NCc4ccco4)cc3)[nH]c2c1. The van der Waals surface area contributed by atoms with Crippen LogP contribution in [0.2, 0.25) is 0 Å². The van der Waals surface area contributed by atoms with Gasteiger partial charge in [-0.15, -0.1) is 0 Å². The number of fused-ring (bicyclic) bond motifs is 1. The van der Waals surface area contributed by atoms with Gasteiger partial charge in [0, 0.05) is 11.1 Å². The molecule has 2 aromatic heterocycles. The minimum absolute atomic E-state index is 0.136. The third-order valence-corrected chi connectivity index (χ3v) is 4.06. The highest BCUT2D eigenvalue weighted by Crippen LogP contribution is 2.21. The van der Waals surface area contributed by atoms with E-state index in [4.69, 9.17) is 4.42 Å². The maximum atomic E-state index is 12.2. The summed E-state index contributed by atoms with van der Waals surface area (Å²) in [7, 11) is 0. The molecule has 1 amide bonds. The number of aromatic amines is 1. The van der Waals surface area contributed by atoms with Gasteiger partial charge in [0.1, 0.15) is 11.6 Å². The number of imidazole rings is 1. The fraction of sp³-hybridized carbons (Fsp3) is 0.100. The van der Waals surface area contributed by atoms with Gasteiger partial charge in [-0.3, -0.25) is 4.79 Å². The number of aromatic nitrogens is 2. The first-order valence-electron chi connectivity index (χ1n) is 8.06. The Kier molecular flexibility index (Phi) is 3.82. The van der Waals surface area contributed by atoms with E-state index in [0.29, 0.717) is 12.1 Å². The molecule has 4 rings (SSSR count). The van der Waals surface area contributed by atoms with Crippen molar-refractivity contribution in [3.8, 4) is 11.4 Å². The smallest absolute Gasteiger partial charge is 0.251 e. The number of furan rings is 1. The Balaban J connectivity index is 1.51. The summed E-state index contributed by atoms with van der Waals surface area (Å²) in [5.74, 6) is 1.38. The van der Waals surface area contributed by atoms with Crippen LogP contribution in [0.3, 0.4) is 0 Å². The Morgan fingerprint density at radius 3 is 2.76 bits per heavy atom. The zero-order valence-electron chi connectivity index (χ0n) is 13.7. The molecule has 0 bridgehead atoms. The van der Waals surface area contributed by atoms with Crippen LogP contribution in [0.5, 0.6) is 0 Å². The third-order valence-electron chi connectivity index (χ3n) is 4.06. The molecule has 0 aliphatic carbocycles. The monoisotopic (exact) mass is 331 g/mol. The Bertz CT molecular complexity index is 1010. The molecule has 0 unspecified atom stereocenters. The number of hydrogen-bond acceptors (Lipinski definition) is 3. The van der Waals surface area contributed by atoms with E-state index in [9.17, 15) is 4.79 Å². The summed E-state index contributed by atoms with van der Waals surface area (Å²) in [4.78, 5) is 20.1. The minimum Gasteiger partial charge on any atom is -0.467 e. The number of nitrogens with zero attached hydrogens (tertiary/aromatic N) is 1. The number of amides is 1. The van der Waals surface area contributed by atoms with E-state index in [1.54, 1.807) is 24.5 Å². The van der Waals surface area contributed by atoms with Crippen molar-refractivity contribution in [2.24, 2.45) is 0 Å². The van der Waals surface area contributed by atoms with E-state index in [0.717, 1.165) is 28.2 Å². The first kappa shape index (κ1) is 15.2. The molecule has 2 aromatic carbocycles. The predicted molar refractivity (Wildman–Crippen MR) is 96.1 cm³/mol. The fourth-order valence-corrected chi connectivity index (χ4v) is 2.72. The van der Waals surface area contributed by atoms with Crippen molar-refractivity contribution in [2.45, 2.75) is 13.5 Å². The van der Waals surface area contributed by atoms with Crippen molar-refractivity contribution in [1.82, 2.24) is 15.3 Å². The lowest BCUT2D eigenvalue weighted by Crippen LogP contribution is -2.22. The lowest BCUT2D eigenvalue weighted by molar-refractivity contribution is 0.0948. The van der Waals surface area contributed by atoms with Gasteiger partial charge in [0.05, 0.1) is 23.8 Å². The molecule has 124 valence electrons. The molecular weight excluding hydrogens is 314 g/mol. The van der Waals surface area contributed by atoms with E-state index in [2.05, 4.69) is 28.3 Å². The van der Waals surface area contributed by atoms with E-state index in [-0.39, 0.29) is 5.91 Å². The zero-order valence-corrected chi connectivity index (χ0v) is 13.7. The number of aryl methyl sites for hydroxylation is 1. The van der Waals surface area contributed by atoms with Crippen LogP contribution in [-0.4, -0.2) is 15.9 Å². The molecule has 0 saturated heterocycles. The first-order chi connectivity index (χ1) is 12.2. The Labute approximate surface area is 144 Å². The number of nitrogens with one attached hydrogen (secondary N) is 2. The summed E-state index contributed by atoms with van der Waals surface area (Å²) in [6.07, 6.45) is 1.59. The highest BCUT2D eigenvalue weighted by atomic mass is 16.3. The average Bonchev–Trinajstić information content (AvgIpc) is 3.29. The minimum atomic E-state index is -0.136.